The first-order valence-corrected chi connectivity index (χ1v) is 9.73. The molecule has 1 saturated carbocycles. The highest BCUT2D eigenvalue weighted by molar-refractivity contribution is 5.90. The number of nitrogens with one attached hydrogen (secondary N) is 2. The number of rotatable bonds is 8. The molecule has 1 fully saturated rings. The third-order valence-corrected chi connectivity index (χ3v) is 5.35. The van der Waals surface area contributed by atoms with Gasteiger partial charge in [0, 0.05) is 7.05 Å². The highest BCUT2D eigenvalue weighted by atomic mass is 16.4. The number of carbonyl (C=O) groups excluding carboxylic acids is 2. The van der Waals surface area contributed by atoms with E-state index in [4.69, 9.17) is 0 Å². The second-order valence-electron chi connectivity index (χ2n) is 9.07. The number of aliphatic carboxylic acids is 1. The Kier molecular flexibility index (Phi) is 8.10. The maximum Gasteiger partial charge on any atom is 0.307 e. The first-order valence-electron chi connectivity index (χ1n) is 9.73. The highest BCUT2D eigenvalue weighted by Gasteiger charge is 2.42. The van der Waals surface area contributed by atoms with E-state index in [0.29, 0.717) is 6.42 Å². The summed E-state index contributed by atoms with van der Waals surface area (Å²) in [5.41, 5.74) is -0.468. The molecule has 0 aromatic rings. The molecule has 0 saturated heterocycles. The summed E-state index contributed by atoms with van der Waals surface area (Å²) in [6.45, 7) is 9.64. The minimum absolute atomic E-state index is 0.0371. The number of likely N-dealkylation sites (N-methyl/N-ethyl adjacent to an activating group) is 1. The zero-order valence-corrected chi connectivity index (χ0v) is 17.1. The van der Waals surface area contributed by atoms with Gasteiger partial charge in [0.15, 0.2) is 0 Å². The van der Waals surface area contributed by atoms with Gasteiger partial charge in [-0.1, -0.05) is 47.5 Å². The van der Waals surface area contributed by atoms with Gasteiger partial charge < -0.3 is 15.7 Å². The van der Waals surface area contributed by atoms with Crippen LogP contribution in [0.25, 0.3) is 0 Å². The maximum absolute atomic E-state index is 13.1. The standard InChI is InChI=1S/C20H36N2O4/c1-12(2)11-14(15(19(25)26)13-9-7-8-10-13)17(23)22-16(18(24)21-6)20(3,4)5/h12-16H,7-11H2,1-6H3,(H,21,24)(H,22,23)(H,25,26)/t14?,15-,16+/m0/s1. The molecule has 6 heteroatoms. The van der Waals surface area contributed by atoms with Gasteiger partial charge in [0.25, 0.3) is 0 Å². The molecule has 0 bridgehead atoms. The normalized spacial score (nSPS) is 19.0. The molecule has 0 aromatic heterocycles. The molecule has 0 aromatic carbocycles. The lowest BCUT2D eigenvalue weighted by molar-refractivity contribution is -0.151. The molecule has 3 atom stereocenters. The van der Waals surface area contributed by atoms with Gasteiger partial charge in [-0.2, -0.15) is 0 Å². The number of amides is 2. The number of hydrogen-bond acceptors (Lipinski definition) is 3. The van der Waals surface area contributed by atoms with E-state index in [2.05, 4.69) is 10.6 Å². The molecule has 1 rings (SSSR count). The Hall–Kier alpha value is -1.59. The molecule has 3 N–H and O–H groups in total. The monoisotopic (exact) mass is 368 g/mol. The molecule has 0 aliphatic heterocycles. The van der Waals surface area contributed by atoms with Crippen LogP contribution in [0.5, 0.6) is 0 Å². The number of carboxylic acid groups (broad SMARTS) is 1. The predicted molar refractivity (Wildman–Crippen MR) is 101 cm³/mol. The fourth-order valence-electron chi connectivity index (χ4n) is 4.01. The van der Waals surface area contributed by atoms with Crippen LogP contribution in [-0.4, -0.2) is 36.0 Å². The summed E-state index contributed by atoms with van der Waals surface area (Å²) in [4.78, 5) is 37.4. The van der Waals surface area contributed by atoms with Crippen molar-refractivity contribution in [1.29, 1.82) is 0 Å². The summed E-state index contributed by atoms with van der Waals surface area (Å²) in [6, 6.07) is -0.701. The van der Waals surface area contributed by atoms with Crippen molar-refractivity contribution < 1.29 is 19.5 Å². The van der Waals surface area contributed by atoms with Crippen LogP contribution in [0.4, 0.5) is 0 Å². The quantitative estimate of drug-likeness (QED) is 0.614. The molecule has 26 heavy (non-hydrogen) atoms. The largest absolute Gasteiger partial charge is 0.481 e. The Morgan fingerprint density at radius 2 is 1.62 bits per heavy atom. The summed E-state index contributed by atoms with van der Waals surface area (Å²) < 4.78 is 0. The summed E-state index contributed by atoms with van der Waals surface area (Å²) in [7, 11) is 1.54. The van der Waals surface area contributed by atoms with E-state index >= 15 is 0 Å². The lowest BCUT2D eigenvalue weighted by atomic mass is 9.75. The van der Waals surface area contributed by atoms with E-state index in [-0.39, 0.29) is 23.7 Å². The summed E-state index contributed by atoms with van der Waals surface area (Å²) in [5.74, 6) is -2.55. The zero-order chi connectivity index (χ0) is 20.1. The van der Waals surface area contributed by atoms with Gasteiger partial charge in [-0.15, -0.1) is 0 Å². The molecule has 6 nitrogen and oxygen atoms in total. The van der Waals surface area contributed by atoms with Crippen molar-refractivity contribution in [2.75, 3.05) is 7.05 Å². The second kappa shape index (κ2) is 9.38. The summed E-state index contributed by atoms with van der Waals surface area (Å²) in [5, 5.41) is 15.3. The molecule has 1 aliphatic carbocycles. The van der Waals surface area contributed by atoms with Gasteiger partial charge in [0.1, 0.15) is 6.04 Å². The van der Waals surface area contributed by atoms with Crippen molar-refractivity contribution in [3.63, 3.8) is 0 Å². The van der Waals surface area contributed by atoms with Crippen LogP contribution < -0.4 is 10.6 Å². The van der Waals surface area contributed by atoms with E-state index in [1.54, 1.807) is 0 Å². The van der Waals surface area contributed by atoms with Gasteiger partial charge >= 0.3 is 5.97 Å². The van der Waals surface area contributed by atoms with Crippen LogP contribution in [0.1, 0.15) is 66.7 Å². The van der Waals surface area contributed by atoms with Crippen LogP contribution in [0.2, 0.25) is 0 Å². The van der Waals surface area contributed by atoms with Crippen molar-refractivity contribution in [1.82, 2.24) is 10.6 Å². The van der Waals surface area contributed by atoms with Crippen LogP contribution in [0.3, 0.4) is 0 Å². The van der Waals surface area contributed by atoms with E-state index < -0.39 is 29.3 Å². The van der Waals surface area contributed by atoms with E-state index in [0.717, 1.165) is 25.7 Å². The van der Waals surface area contributed by atoms with Gasteiger partial charge in [0.05, 0.1) is 11.8 Å². The minimum atomic E-state index is -0.898. The molecular weight excluding hydrogens is 332 g/mol. The van der Waals surface area contributed by atoms with Gasteiger partial charge in [-0.3, -0.25) is 14.4 Å². The van der Waals surface area contributed by atoms with Crippen molar-refractivity contribution in [3.8, 4) is 0 Å². The smallest absolute Gasteiger partial charge is 0.307 e. The summed E-state index contributed by atoms with van der Waals surface area (Å²) in [6.07, 6.45) is 4.26. The third-order valence-electron chi connectivity index (χ3n) is 5.35. The average Bonchev–Trinajstić information content (AvgIpc) is 3.03. The third kappa shape index (κ3) is 5.99. The fraction of sp³-hybridized carbons (Fsp3) is 0.850. The Labute approximate surface area is 157 Å². The fourth-order valence-corrected chi connectivity index (χ4v) is 4.01. The molecule has 1 aliphatic rings. The summed E-state index contributed by atoms with van der Waals surface area (Å²) >= 11 is 0. The number of carbonyl (C=O) groups is 3. The first-order chi connectivity index (χ1) is 12.0. The van der Waals surface area contributed by atoms with E-state index in [1.807, 2.05) is 34.6 Å². The van der Waals surface area contributed by atoms with Crippen molar-refractivity contribution in [2.24, 2.45) is 29.1 Å². The lowest BCUT2D eigenvalue weighted by Gasteiger charge is -2.34. The van der Waals surface area contributed by atoms with E-state index in [1.165, 1.54) is 7.05 Å². The molecular formula is C20H36N2O4. The minimum Gasteiger partial charge on any atom is -0.481 e. The zero-order valence-electron chi connectivity index (χ0n) is 17.1. The van der Waals surface area contributed by atoms with Gasteiger partial charge in [0.2, 0.25) is 11.8 Å². The predicted octanol–water partition coefficient (Wildman–Crippen LogP) is 2.82. The second-order valence-corrected chi connectivity index (χ2v) is 9.07. The van der Waals surface area contributed by atoms with Crippen LogP contribution in [-0.2, 0) is 14.4 Å². The molecule has 2 amide bonds. The van der Waals surface area contributed by atoms with Crippen molar-refractivity contribution in [3.05, 3.63) is 0 Å². The molecule has 0 spiro atoms. The lowest BCUT2D eigenvalue weighted by Crippen LogP contribution is -2.55. The van der Waals surface area contributed by atoms with Crippen LogP contribution in [0, 0.1) is 29.1 Å². The Morgan fingerprint density at radius 3 is 2.00 bits per heavy atom. The number of hydrogen-bond donors (Lipinski definition) is 3. The average molecular weight is 369 g/mol. The molecule has 0 radical (unpaired) electrons. The van der Waals surface area contributed by atoms with E-state index in [9.17, 15) is 19.5 Å². The Bertz CT molecular complexity index is 504. The molecule has 1 unspecified atom stereocenters. The van der Waals surface area contributed by atoms with Gasteiger partial charge in [-0.05, 0) is 36.5 Å². The van der Waals surface area contributed by atoms with Crippen molar-refractivity contribution in [2.45, 2.75) is 72.8 Å². The Balaban J connectivity index is 3.10. The number of carboxylic acids is 1. The van der Waals surface area contributed by atoms with Crippen LogP contribution in [0.15, 0.2) is 0 Å². The highest BCUT2D eigenvalue weighted by Crippen LogP contribution is 2.38. The topological polar surface area (TPSA) is 95.5 Å². The van der Waals surface area contributed by atoms with Gasteiger partial charge in [-0.25, -0.2) is 0 Å². The first kappa shape index (κ1) is 22.5. The Morgan fingerprint density at radius 1 is 1.08 bits per heavy atom. The van der Waals surface area contributed by atoms with Crippen LogP contribution >= 0.6 is 0 Å². The maximum atomic E-state index is 13.1. The molecule has 150 valence electrons. The molecule has 0 heterocycles. The van der Waals surface area contributed by atoms with Crippen molar-refractivity contribution >= 4 is 17.8 Å². The SMILES string of the molecule is CNC(=O)[C@@H](NC(=O)C(CC(C)C)[C@@H](C(=O)O)C1CCCC1)C(C)(C)C.